The molecule has 4 rings (SSSR count). The number of amides is 1. The fraction of sp³-hybridized carbons (Fsp3) is 0.368. The second kappa shape index (κ2) is 7.96. The molecule has 1 fully saturated rings. The molecule has 0 spiro atoms. The molecule has 1 atom stereocenters. The van der Waals surface area contributed by atoms with Crippen molar-refractivity contribution in [2.75, 3.05) is 32.1 Å². The standard InChI is InChI=1S/C19H20N6O2S/c1-27-7-6-25-16-3-2-13(8-15(16)9-22-25)17-10-21-19(28-17)23-18(26)14-4-5-24(11-14)12-20/h2-3,8-10,14H,4-7,11H2,1H3,(H,21,23,26). The molecule has 8 nitrogen and oxygen atoms in total. The van der Waals surface area contributed by atoms with Gasteiger partial charge in [-0.1, -0.05) is 17.4 Å². The molecule has 28 heavy (non-hydrogen) atoms. The van der Waals surface area contributed by atoms with Crippen molar-refractivity contribution in [1.29, 1.82) is 5.26 Å². The molecular weight excluding hydrogens is 376 g/mol. The SMILES string of the molecule is COCCn1ncc2cc(-c3cnc(NC(=O)C4CCN(C#N)C4)s3)ccc21. The minimum atomic E-state index is -0.165. The van der Waals surface area contributed by atoms with Crippen LogP contribution in [0, 0.1) is 17.4 Å². The number of fused-ring (bicyclic) bond motifs is 1. The molecule has 9 heteroatoms. The Hall–Kier alpha value is -2.96. The molecule has 1 aromatic carbocycles. The quantitative estimate of drug-likeness (QED) is 0.643. The molecule has 1 unspecified atom stereocenters. The maximum atomic E-state index is 12.4. The highest BCUT2D eigenvalue weighted by Crippen LogP contribution is 2.31. The first-order valence-electron chi connectivity index (χ1n) is 9.04. The second-order valence-corrected chi connectivity index (χ2v) is 7.72. The summed E-state index contributed by atoms with van der Waals surface area (Å²) in [5, 5.41) is 17.8. The fourth-order valence-electron chi connectivity index (χ4n) is 3.33. The van der Waals surface area contributed by atoms with Crippen molar-refractivity contribution < 1.29 is 9.53 Å². The van der Waals surface area contributed by atoms with Crippen LogP contribution in [-0.2, 0) is 16.1 Å². The minimum absolute atomic E-state index is 0.0754. The lowest BCUT2D eigenvalue weighted by molar-refractivity contribution is -0.119. The van der Waals surface area contributed by atoms with Gasteiger partial charge in [0.15, 0.2) is 11.3 Å². The van der Waals surface area contributed by atoms with Gasteiger partial charge in [0.1, 0.15) is 0 Å². The first kappa shape index (κ1) is 18.4. The number of hydrogen-bond acceptors (Lipinski definition) is 7. The topological polar surface area (TPSA) is 96.1 Å². The Balaban J connectivity index is 1.46. The van der Waals surface area contributed by atoms with Crippen LogP contribution in [0.1, 0.15) is 6.42 Å². The number of hydrogen-bond donors (Lipinski definition) is 1. The fourth-order valence-corrected chi connectivity index (χ4v) is 4.15. The van der Waals surface area contributed by atoms with Gasteiger partial charge in [0.05, 0.1) is 35.7 Å². The van der Waals surface area contributed by atoms with Crippen molar-refractivity contribution in [3.63, 3.8) is 0 Å². The normalized spacial score (nSPS) is 16.4. The monoisotopic (exact) mass is 396 g/mol. The Kier molecular flexibility index (Phi) is 5.23. The summed E-state index contributed by atoms with van der Waals surface area (Å²) in [5.74, 6) is -0.241. The average molecular weight is 396 g/mol. The third kappa shape index (κ3) is 3.69. The van der Waals surface area contributed by atoms with Crippen LogP contribution in [0.3, 0.4) is 0 Å². The van der Waals surface area contributed by atoms with E-state index in [0.717, 1.165) is 21.3 Å². The summed E-state index contributed by atoms with van der Waals surface area (Å²) in [4.78, 5) is 19.3. The van der Waals surface area contributed by atoms with Crippen LogP contribution in [0.25, 0.3) is 21.3 Å². The molecule has 144 valence electrons. The van der Waals surface area contributed by atoms with Gasteiger partial charge in [0.25, 0.3) is 0 Å². The summed E-state index contributed by atoms with van der Waals surface area (Å²) in [7, 11) is 1.68. The lowest BCUT2D eigenvalue weighted by Gasteiger charge is -2.08. The Morgan fingerprint density at radius 2 is 2.36 bits per heavy atom. The number of likely N-dealkylation sites (tertiary alicyclic amines) is 1. The third-order valence-corrected chi connectivity index (χ3v) is 5.83. The van der Waals surface area contributed by atoms with Gasteiger partial charge in [-0.05, 0) is 24.1 Å². The van der Waals surface area contributed by atoms with E-state index < -0.39 is 0 Å². The summed E-state index contributed by atoms with van der Waals surface area (Å²) in [6.07, 6.45) is 6.41. The van der Waals surface area contributed by atoms with E-state index in [4.69, 9.17) is 10.00 Å². The van der Waals surface area contributed by atoms with Gasteiger partial charge in [-0.15, -0.1) is 0 Å². The number of aromatic nitrogens is 3. The van der Waals surface area contributed by atoms with Gasteiger partial charge in [0.2, 0.25) is 5.91 Å². The molecule has 0 radical (unpaired) electrons. The summed E-state index contributed by atoms with van der Waals surface area (Å²) < 4.78 is 7.04. The first-order chi connectivity index (χ1) is 13.7. The zero-order valence-corrected chi connectivity index (χ0v) is 16.3. The number of anilines is 1. The van der Waals surface area contributed by atoms with Crippen molar-refractivity contribution in [1.82, 2.24) is 19.7 Å². The number of ether oxygens (including phenoxy) is 1. The summed E-state index contributed by atoms with van der Waals surface area (Å²) >= 11 is 1.44. The molecule has 1 saturated heterocycles. The van der Waals surface area contributed by atoms with Crippen LogP contribution in [-0.4, -0.2) is 52.4 Å². The number of benzene rings is 1. The molecule has 3 aromatic rings. The molecule has 0 bridgehead atoms. The van der Waals surface area contributed by atoms with Crippen molar-refractivity contribution >= 4 is 33.3 Å². The van der Waals surface area contributed by atoms with E-state index in [1.165, 1.54) is 11.3 Å². The Bertz CT molecular complexity index is 1040. The van der Waals surface area contributed by atoms with Gasteiger partial charge >= 0.3 is 0 Å². The lowest BCUT2D eigenvalue weighted by Crippen LogP contribution is -2.25. The van der Waals surface area contributed by atoms with Gasteiger partial charge in [-0.2, -0.15) is 10.4 Å². The summed E-state index contributed by atoms with van der Waals surface area (Å²) in [6, 6.07) is 6.15. The zero-order valence-electron chi connectivity index (χ0n) is 15.5. The van der Waals surface area contributed by atoms with Crippen LogP contribution >= 0.6 is 11.3 Å². The Labute approximate surface area is 166 Å². The number of nitriles is 1. The number of nitrogens with zero attached hydrogens (tertiary/aromatic N) is 5. The predicted octanol–water partition coefficient (Wildman–Crippen LogP) is 2.55. The largest absolute Gasteiger partial charge is 0.383 e. The molecular formula is C19H20N6O2S. The van der Waals surface area contributed by atoms with Gasteiger partial charge in [-0.25, -0.2) is 4.98 Å². The summed E-state index contributed by atoms with van der Waals surface area (Å²) in [5.41, 5.74) is 2.09. The van der Waals surface area contributed by atoms with Crippen LogP contribution in [0.5, 0.6) is 0 Å². The molecule has 0 aliphatic carbocycles. The lowest BCUT2D eigenvalue weighted by atomic mass is 10.1. The van der Waals surface area contributed by atoms with Crippen LogP contribution < -0.4 is 5.32 Å². The molecule has 0 saturated carbocycles. The maximum Gasteiger partial charge on any atom is 0.231 e. The first-order valence-corrected chi connectivity index (χ1v) is 9.86. The van der Waals surface area contributed by atoms with Gasteiger partial charge in [-0.3, -0.25) is 9.48 Å². The van der Waals surface area contributed by atoms with Crippen LogP contribution in [0.2, 0.25) is 0 Å². The van der Waals surface area contributed by atoms with Gasteiger partial charge < -0.3 is 15.0 Å². The highest BCUT2D eigenvalue weighted by molar-refractivity contribution is 7.19. The number of thiazole rings is 1. The average Bonchev–Trinajstić information content (AvgIpc) is 3.45. The minimum Gasteiger partial charge on any atom is -0.383 e. The van der Waals surface area contributed by atoms with E-state index in [9.17, 15) is 4.79 Å². The number of methoxy groups -OCH3 is 1. The highest BCUT2D eigenvalue weighted by Gasteiger charge is 2.28. The predicted molar refractivity (Wildman–Crippen MR) is 107 cm³/mol. The smallest absolute Gasteiger partial charge is 0.231 e. The number of nitrogens with one attached hydrogen (secondary N) is 1. The van der Waals surface area contributed by atoms with Crippen molar-refractivity contribution in [3.05, 3.63) is 30.6 Å². The molecule has 2 aromatic heterocycles. The van der Waals surface area contributed by atoms with E-state index in [1.54, 1.807) is 18.2 Å². The van der Waals surface area contributed by atoms with E-state index in [2.05, 4.69) is 27.7 Å². The number of carbonyl (C=O) groups excluding carboxylic acids is 1. The third-order valence-electron chi connectivity index (χ3n) is 4.87. The number of rotatable bonds is 6. The van der Waals surface area contributed by atoms with Crippen LogP contribution in [0.15, 0.2) is 30.6 Å². The Morgan fingerprint density at radius 3 is 3.14 bits per heavy atom. The maximum absolute atomic E-state index is 12.4. The van der Waals surface area contributed by atoms with E-state index in [0.29, 0.717) is 37.8 Å². The molecule has 1 aliphatic rings. The van der Waals surface area contributed by atoms with Crippen molar-refractivity contribution in [3.8, 4) is 16.6 Å². The van der Waals surface area contributed by atoms with E-state index >= 15 is 0 Å². The summed E-state index contributed by atoms with van der Waals surface area (Å²) in [6.45, 7) is 2.43. The van der Waals surface area contributed by atoms with E-state index in [1.807, 2.05) is 23.0 Å². The Morgan fingerprint density at radius 1 is 1.46 bits per heavy atom. The van der Waals surface area contributed by atoms with Crippen molar-refractivity contribution in [2.24, 2.45) is 5.92 Å². The molecule has 1 aliphatic heterocycles. The zero-order chi connectivity index (χ0) is 19.5. The molecule has 3 heterocycles. The molecule has 1 amide bonds. The highest BCUT2D eigenvalue weighted by atomic mass is 32.1. The number of carbonyl (C=O) groups is 1. The van der Waals surface area contributed by atoms with Crippen LogP contribution in [0.4, 0.5) is 5.13 Å². The van der Waals surface area contributed by atoms with Gasteiger partial charge in [0, 0.05) is 31.8 Å². The van der Waals surface area contributed by atoms with E-state index in [-0.39, 0.29) is 11.8 Å². The second-order valence-electron chi connectivity index (χ2n) is 6.68. The molecule has 1 N–H and O–H groups in total. The van der Waals surface area contributed by atoms with Crippen molar-refractivity contribution in [2.45, 2.75) is 13.0 Å².